The van der Waals surface area contributed by atoms with E-state index in [1.165, 1.54) is 11.8 Å². The van der Waals surface area contributed by atoms with Crippen LogP contribution in [0.25, 0.3) is 11.5 Å². The van der Waals surface area contributed by atoms with Crippen LogP contribution in [-0.2, 0) is 22.6 Å². The second-order valence-corrected chi connectivity index (χ2v) is 6.66. The van der Waals surface area contributed by atoms with Crippen LogP contribution in [-0.4, -0.2) is 32.4 Å². The molecule has 0 aliphatic rings. The zero-order valence-corrected chi connectivity index (χ0v) is 16.2. The van der Waals surface area contributed by atoms with Gasteiger partial charge in [0.15, 0.2) is 11.8 Å². The molecule has 3 rings (SSSR count). The molecule has 27 heavy (non-hydrogen) atoms. The summed E-state index contributed by atoms with van der Waals surface area (Å²) in [6.07, 6.45) is 2.71. The molecule has 0 atom stereocenters. The van der Waals surface area contributed by atoms with Crippen molar-refractivity contribution in [2.24, 2.45) is 0 Å². The summed E-state index contributed by atoms with van der Waals surface area (Å²) >= 11 is 1.50. The van der Waals surface area contributed by atoms with Crippen LogP contribution in [0.4, 0.5) is 0 Å². The van der Waals surface area contributed by atoms with E-state index in [0.29, 0.717) is 12.3 Å². The number of nitrogens with zero attached hydrogens (tertiary/aromatic N) is 4. The van der Waals surface area contributed by atoms with E-state index in [1.807, 2.05) is 50.4 Å². The molecule has 0 saturated heterocycles. The minimum atomic E-state index is -0.331. The number of thioether (sulfide) groups is 1. The predicted molar refractivity (Wildman–Crippen MR) is 101 cm³/mol. The Morgan fingerprint density at radius 1 is 1.11 bits per heavy atom. The molecule has 0 N–H and O–H groups in total. The Labute approximate surface area is 161 Å². The molecule has 0 aliphatic carbocycles. The monoisotopic (exact) mass is 384 g/mol. The van der Waals surface area contributed by atoms with Crippen molar-refractivity contribution in [1.29, 1.82) is 0 Å². The molecule has 0 radical (unpaired) electrons. The molecular weight excluding hydrogens is 364 g/mol. The van der Waals surface area contributed by atoms with Crippen LogP contribution in [0.2, 0.25) is 0 Å². The fraction of sp³-hybridized carbons (Fsp3) is 0.316. The van der Waals surface area contributed by atoms with Crippen molar-refractivity contribution >= 4 is 17.7 Å². The predicted octanol–water partition coefficient (Wildman–Crippen LogP) is 3.54. The average Bonchev–Trinajstić information content (AvgIpc) is 3.15. The first-order valence-electron chi connectivity index (χ1n) is 8.48. The summed E-state index contributed by atoms with van der Waals surface area (Å²) in [5.74, 6) is 0.336. The Hall–Kier alpha value is -2.74. The summed E-state index contributed by atoms with van der Waals surface area (Å²) in [6.45, 7) is 3.82. The largest absolute Gasteiger partial charge is 0.456 e. The minimum absolute atomic E-state index is 0.0431. The van der Waals surface area contributed by atoms with E-state index in [4.69, 9.17) is 9.15 Å². The van der Waals surface area contributed by atoms with Crippen LogP contribution in [0.1, 0.15) is 29.3 Å². The number of esters is 1. The fourth-order valence-corrected chi connectivity index (χ4v) is 3.07. The number of aryl methyl sites for hydroxylation is 2. The third-order valence-corrected chi connectivity index (χ3v) is 4.55. The number of rotatable bonds is 7. The van der Waals surface area contributed by atoms with Gasteiger partial charge < -0.3 is 9.15 Å². The van der Waals surface area contributed by atoms with Crippen molar-refractivity contribution in [3.8, 4) is 11.5 Å². The lowest BCUT2D eigenvalue weighted by molar-refractivity contribution is -0.145. The van der Waals surface area contributed by atoms with Gasteiger partial charge in [0.25, 0.3) is 5.89 Å². The molecule has 0 aliphatic heterocycles. The van der Waals surface area contributed by atoms with Crippen molar-refractivity contribution < 1.29 is 13.9 Å². The van der Waals surface area contributed by atoms with Crippen molar-refractivity contribution in [2.45, 2.75) is 38.5 Å². The maximum Gasteiger partial charge on any atom is 0.306 e. The minimum Gasteiger partial charge on any atom is -0.456 e. The lowest BCUT2D eigenvalue weighted by atomic mass is 10.1. The van der Waals surface area contributed by atoms with Gasteiger partial charge in [-0.05, 0) is 44.2 Å². The number of benzene rings is 1. The molecule has 8 heteroatoms. The summed E-state index contributed by atoms with van der Waals surface area (Å²) in [4.78, 5) is 20.9. The SMILES string of the molecule is CSc1nc(C)c(CCC(=O)OCc2nnc(-c3ccccc3)o2)c(C)n1. The van der Waals surface area contributed by atoms with E-state index in [0.717, 1.165) is 27.7 Å². The molecule has 0 spiro atoms. The highest BCUT2D eigenvalue weighted by molar-refractivity contribution is 7.98. The fourth-order valence-electron chi connectivity index (χ4n) is 2.61. The summed E-state index contributed by atoms with van der Waals surface area (Å²) in [6, 6.07) is 9.43. The van der Waals surface area contributed by atoms with E-state index in [2.05, 4.69) is 20.2 Å². The van der Waals surface area contributed by atoms with Crippen molar-refractivity contribution in [2.75, 3.05) is 6.26 Å². The zero-order valence-electron chi connectivity index (χ0n) is 15.4. The number of ether oxygens (including phenoxy) is 1. The van der Waals surface area contributed by atoms with Gasteiger partial charge in [-0.1, -0.05) is 30.0 Å². The number of carbonyl (C=O) groups excluding carboxylic acids is 1. The normalized spacial score (nSPS) is 10.8. The maximum atomic E-state index is 12.1. The Morgan fingerprint density at radius 3 is 2.48 bits per heavy atom. The van der Waals surface area contributed by atoms with Gasteiger partial charge in [0.05, 0.1) is 0 Å². The molecule has 7 nitrogen and oxygen atoms in total. The van der Waals surface area contributed by atoms with E-state index in [9.17, 15) is 4.79 Å². The Kier molecular flexibility index (Phi) is 6.18. The second-order valence-electron chi connectivity index (χ2n) is 5.89. The summed E-state index contributed by atoms with van der Waals surface area (Å²) in [7, 11) is 0. The highest BCUT2D eigenvalue weighted by Crippen LogP contribution is 2.19. The van der Waals surface area contributed by atoms with Crippen molar-refractivity contribution in [3.05, 3.63) is 53.2 Å². The molecule has 3 aromatic rings. The van der Waals surface area contributed by atoms with E-state index in [1.54, 1.807) is 0 Å². The number of hydrogen-bond donors (Lipinski definition) is 0. The van der Waals surface area contributed by atoms with Crippen LogP contribution < -0.4 is 0 Å². The van der Waals surface area contributed by atoms with Crippen LogP contribution in [0.15, 0.2) is 39.9 Å². The topological polar surface area (TPSA) is 91.0 Å². The highest BCUT2D eigenvalue weighted by atomic mass is 32.2. The van der Waals surface area contributed by atoms with Crippen LogP contribution in [0, 0.1) is 13.8 Å². The third-order valence-electron chi connectivity index (χ3n) is 4.01. The van der Waals surface area contributed by atoms with Crippen LogP contribution in [0.3, 0.4) is 0 Å². The van der Waals surface area contributed by atoms with E-state index in [-0.39, 0.29) is 24.9 Å². The molecule has 2 aromatic heterocycles. The first-order valence-corrected chi connectivity index (χ1v) is 9.71. The standard InChI is InChI=1S/C19H20N4O3S/c1-12-15(13(2)21-19(20-12)27-3)9-10-17(24)25-11-16-22-23-18(26-16)14-7-5-4-6-8-14/h4-8H,9-11H2,1-3H3. The lowest BCUT2D eigenvalue weighted by Gasteiger charge is -2.09. The second kappa shape index (κ2) is 8.77. The lowest BCUT2D eigenvalue weighted by Crippen LogP contribution is -2.09. The highest BCUT2D eigenvalue weighted by Gasteiger charge is 2.13. The maximum absolute atomic E-state index is 12.1. The molecule has 0 amide bonds. The summed E-state index contributed by atoms with van der Waals surface area (Å²) in [5.41, 5.74) is 3.59. The first kappa shape index (κ1) is 19.0. The van der Waals surface area contributed by atoms with Gasteiger partial charge >= 0.3 is 5.97 Å². The zero-order chi connectivity index (χ0) is 19.2. The van der Waals surface area contributed by atoms with Gasteiger partial charge in [-0.2, -0.15) is 0 Å². The van der Waals surface area contributed by atoms with Gasteiger partial charge in [0.1, 0.15) is 0 Å². The van der Waals surface area contributed by atoms with Crippen LogP contribution >= 0.6 is 11.8 Å². The Balaban J connectivity index is 1.53. The molecule has 0 saturated carbocycles. The quantitative estimate of drug-likeness (QED) is 0.347. The number of carbonyl (C=O) groups is 1. The van der Waals surface area contributed by atoms with Gasteiger partial charge in [0, 0.05) is 23.4 Å². The molecule has 0 bridgehead atoms. The van der Waals surface area contributed by atoms with Crippen molar-refractivity contribution in [1.82, 2.24) is 20.2 Å². The van der Waals surface area contributed by atoms with Gasteiger partial charge in [-0.3, -0.25) is 4.79 Å². The van der Waals surface area contributed by atoms with Crippen molar-refractivity contribution in [3.63, 3.8) is 0 Å². The molecule has 140 valence electrons. The smallest absolute Gasteiger partial charge is 0.306 e. The first-order chi connectivity index (χ1) is 13.1. The van der Waals surface area contributed by atoms with Crippen LogP contribution in [0.5, 0.6) is 0 Å². The molecular formula is C19H20N4O3S. The molecule has 2 heterocycles. The van der Waals surface area contributed by atoms with Gasteiger partial charge in [-0.25, -0.2) is 9.97 Å². The average molecular weight is 384 g/mol. The van der Waals surface area contributed by atoms with E-state index < -0.39 is 0 Å². The third kappa shape index (κ3) is 4.91. The number of aromatic nitrogens is 4. The summed E-state index contributed by atoms with van der Waals surface area (Å²) in [5, 5.41) is 8.62. The van der Waals surface area contributed by atoms with E-state index >= 15 is 0 Å². The number of hydrogen-bond acceptors (Lipinski definition) is 8. The Morgan fingerprint density at radius 2 is 1.81 bits per heavy atom. The summed E-state index contributed by atoms with van der Waals surface area (Å²) < 4.78 is 10.8. The molecule has 1 aromatic carbocycles. The Bertz CT molecular complexity index is 905. The molecule has 0 fully saturated rings. The molecule has 0 unspecified atom stereocenters. The van der Waals surface area contributed by atoms with Gasteiger partial charge in [-0.15, -0.1) is 10.2 Å². The van der Waals surface area contributed by atoms with Gasteiger partial charge in [0.2, 0.25) is 5.89 Å².